The quantitative estimate of drug-likeness (QED) is 0.0861. The summed E-state index contributed by atoms with van der Waals surface area (Å²) in [5.41, 5.74) is -0.929. The Morgan fingerprint density at radius 2 is 1.56 bits per heavy atom. The van der Waals surface area contributed by atoms with Gasteiger partial charge in [0, 0.05) is 11.4 Å². The van der Waals surface area contributed by atoms with E-state index in [-0.39, 0.29) is 34.9 Å². The van der Waals surface area contributed by atoms with E-state index in [1.807, 2.05) is 0 Å². The Labute approximate surface area is 293 Å². The minimum absolute atomic E-state index is 0.0430. The Hall–Kier alpha value is -5.50. The molecule has 0 aliphatic rings. The first kappa shape index (κ1) is 38.9. The fourth-order valence-electron chi connectivity index (χ4n) is 4.26. The highest BCUT2D eigenvalue weighted by Crippen LogP contribution is 2.25. The molecule has 3 rings (SSSR count). The molecule has 0 bridgehead atoms. The van der Waals surface area contributed by atoms with Crippen LogP contribution in [-0.4, -0.2) is 58.3 Å². The molecule has 1 atom stereocenters. The summed E-state index contributed by atoms with van der Waals surface area (Å²) in [6.07, 6.45) is -2.35. The monoisotopic (exact) mass is 712 g/mol. The van der Waals surface area contributed by atoms with E-state index in [9.17, 15) is 33.5 Å². The molecule has 13 nitrogen and oxygen atoms in total. The van der Waals surface area contributed by atoms with Crippen LogP contribution in [0.1, 0.15) is 63.0 Å². The Morgan fingerprint density at radius 3 is 2.12 bits per heavy atom. The average Bonchev–Trinajstić information content (AvgIpc) is 2.96. The van der Waals surface area contributed by atoms with Crippen LogP contribution in [-0.2, 0) is 31.9 Å². The molecule has 0 aromatic heterocycles. The van der Waals surface area contributed by atoms with Crippen LogP contribution in [0.25, 0.3) is 0 Å². The summed E-state index contributed by atoms with van der Waals surface area (Å²) in [5.74, 6) is -3.88. The maximum absolute atomic E-state index is 13.5. The fraction of sp³-hybridized carbons (Fsp3) is 0.314. The molecule has 0 radical (unpaired) electrons. The van der Waals surface area contributed by atoms with E-state index >= 15 is 0 Å². The van der Waals surface area contributed by atoms with Crippen LogP contribution in [0, 0.1) is 11.2 Å². The molecule has 0 fully saturated rings. The van der Waals surface area contributed by atoms with E-state index < -0.39 is 59.1 Å². The number of alkyl carbamates (subject to hydrolysis) is 1. The summed E-state index contributed by atoms with van der Waals surface area (Å²) in [6.45, 7) is 9.81. The third-order valence-corrected chi connectivity index (χ3v) is 6.68. The highest BCUT2D eigenvalue weighted by molar-refractivity contribution is 6.31. The molecule has 3 aromatic carbocycles. The van der Waals surface area contributed by atoms with Crippen molar-refractivity contribution in [1.29, 1.82) is 5.41 Å². The van der Waals surface area contributed by atoms with Gasteiger partial charge in [-0.1, -0.05) is 29.8 Å². The minimum atomic E-state index is -1.31. The summed E-state index contributed by atoms with van der Waals surface area (Å²) in [4.78, 5) is 63.4. The number of esters is 1. The minimum Gasteiger partial charge on any atom is -0.480 e. The Balaban J connectivity index is 1.69. The number of benzene rings is 3. The number of carboxylic acid groups (broad SMARTS) is 1. The maximum atomic E-state index is 13.5. The van der Waals surface area contributed by atoms with Gasteiger partial charge in [-0.05, 0) is 101 Å². The number of halogens is 2. The van der Waals surface area contributed by atoms with Gasteiger partial charge in [0.15, 0.2) is 0 Å². The lowest BCUT2D eigenvalue weighted by atomic mass is 10.0. The van der Waals surface area contributed by atoms with Crippen LogP contribution in [0.15, 0.2) is 66.7 Å². The predicted molar refractivity (Wildman–Crippen MR) is 182 cm³/mol. The molecule has 0 aliphatic heterocycles. The molecule has 0 unspecified atom stereocenters. The number of ether oxygens (including phenoxy) is 3. The van der Waals surface area contributed by atoms with E-state index in [1.54, 1.807) is 47.6 Å². The zero-order valence-electron chi connectivity index (χ0n) is 28.3. The predicted octanol–water partition coefficient (Wildman–Crippen LogP) is 6.25. The van der Waals surface area contributed by atoms with Crippen molar-refractivity contribution in [3.05, 3.63) is 94.3 Å². The average molecular weight is 713 g/mol. The van der Waals surface area contributed by atoms with Crippen molar-refractivity contribution >= 4 is 53.3 Å². The van der Waals surface area contributed by atoms with Crippen molar-refractivity contribution in [2.24, 2.45) is 0 Å². The Morgan fingerprint density at radius 1 is 0.920 bits per heavy atom. The molecule has 15 heteroatoms. The molecule has 50 heavy (non-hydrogen) atoms. The first-order chi connectivity index (χ1) is 23.2. The number of carboxylic acids is 1. The van der Waals surface area contributed by atoms with Crippen LogP contribution in [0.4, 0.5) is 19.7 Å². The third-order valence-electron chi connectivity index (χ3n) is 6.33. The van der Waals surface area contributed by atoms with Gasteiger partial charge < -0.3 is 24.6 Å². The summed E-state index contributed by atoms with van der Waals surface area (Å²) < 4.78 is 29.5. The molecule has 3 amide bonds. The first-order valence-electron chi connectivity index (χ1n) is 15.2. The summed E-state index contributed by atoms with van der Waals surface area (Å²) in [7, 11) is 0. The SMILES string of the molecule is CC(C)(C)OC(=O)NC(=N)N(C(=O)OC(C)(C)C)c1ccc(C(=O)Oc2ccc(CC(=O)N[C@@H](Cc3cccc(F)c3)C(=O)O)c(Cl)c2)cc1. The molecule has 0 heterocycles. The number of carbonyl (C=O) groups excluding carboxylic acids is 4. The molecular weight excluding hydrogens is 675 g/mol. The Kier molecular flexibility index (Phi) is 12.7. The summed E-state index contributed by atoms with van der Waals surface area (Å²) in [5, 5.41) is 22.6. The van der Waals surface area contributed by atoms with E-state index in [0.717, 1.165) is 4.90 Å². The molecule has 0 spiro atoms. The number of guanidine groups is 1. The number of rotatable bonds is 9. The van der Waals surface area contributed by atoms with Gasteiger partial charge in [-0.2, -0.15) is 0 Å². The zero-order valence-corrected chi connectivity index (χ0v) is 29.0. The lowest BCUT2D eigenvalue weighted by Gasteiger charge is -2.28. The van der Waals surface area contributed by atoms with Gasteiger partial charge >= 0.3 is 24.1 Å². The van der Waals surface area contributed by atoms with Crippen molar-refractivity contribution in [2.75, 3.05) is 4.90 Å². The Bertz CT molecular complexity index is 1770. The maximum Gasteiger partial charge on any atom is 0.421 e. The number of anilines is 1. The number of hydrogen-bond acceptors (Lipinski definition) is 9. The second-order valence-electron chi connectivity index (χ2n) is 13.0. The molecule has 0 saturated heterocycles. The van der Waals surface area contributed by atoms with Crippen LogP contribution < -0.4 is 20.3 Å². The van der Waals surface area contributed by atoms with Gasteiger partial charge in [0.05, 0.1) is 17.7 Å². The number of carbonyl (C=O) groups is 5. The van der Waals surface area contributed by atoms with Crippen LogP contribution in [0.5, 0.6) is 5.75 Å². The van der Waals surface area contributed by atoms with Crippen LogP contribution in [0.2, 0.25) is 5.02 Å². The van der Waals surface area contributed by atoms with Gasteiger partial charge in [-0.25, -0.2) is 28.5 Å². The standard InChI is InChI=1S/C35H38ClFN4O9/c1-34(2,3)49-32(46)40-31(38)41(33(47)50-35(4,5)6)24-13-10-21(11-14-24)30(45)48-25-15-12-22(26(36)19-25)18-28(42)39-27(29(43)44)17-20-8-7-9-23(37)16-20/h7-16,19,27H,17-18H2,1-6H3,(H,39,42)(H,43,44)(H2,38,40,46)/t27-/m0/s1. The highest BCUT2D eigenvalue weighted by atomic mass is 35.5. The largest absolute Gasteiger partial charge is 0.480 e. The van der Waals surface area contributed by atoms with Crippen molar-refractivity contribution in [1.82, 2.24) is 10.6 Å². The topological polar surface area (TPSA) is 184 Å². The van der Waals surface area contributed by atoms with Crippen molar-refractivity contribution in [3.63, 3.8) is 0 Å². The van der Waals surface area contributed by atoms with Gasteiger partial charge in [-0.15, -0.1) is 0 Å². The number of nitrogens with zero attached hydrogens (tertiary/aromatic N) is 1. The second kappa shape index (κ2) is 16.3. The molecule has 0 aliphatic carbocycles. The zero-order chi connectivity index (χ0) is 37.4. The number of nitrogens with one attached hydrogen (secondary N) is 3. The smallest absolute Gasteiger partial charge is 0.421 e. The fourth-order valence-corrected chi connectivity index (χ4v) is 4.49. The molecule has 266 valence electrons. The van der Waals surface area contributed by atoms with Gasteiger partial charge in [0.1, 0.15) is 28.8 Å². The van der Waals surface area contributed by atoms with E-state index in [4.69, 9.17) is 31.2 Å². The molecule has 0 saturated carbocycles. The van der Waals surface area contributed by atoms with E-state index in [1.165, 1.54) is 60.7 Å². The molecular formula is C35H38ClFN4O9. The second-order valence-corrected chi connectivity index (χ2v) is 13.4. The van der Waals surface area contributed by atoms with E-state index in [0.29, 0.717) is 11.1 Å². The summed E-state index contributed by atoms with van der Waals surface area (Å²) >= 11 is 6.34. The first-order valence-corrected chi connectivity index (χ1v) is 15.6. The van der Waals surface area contributed by atoms with Crippen molar-refractivity contribution < 1.29 is 47.7 Å². The van der Waals surface area contributed by atoms with Crippen molar-refractivity contribution in [2.45, 2.75) is 71.6 Å². The normalized spacial score (nSPS) is 11.8. The van der Waals surface area contributed by atoms with Crippen LogP contribution in [0.3, 0.4) is 0 Å². The number of hydrogen-bond donors (Lipinski definition) is 4. The van der Waals surface area contributed by atoms with Crippen molar-refractivity contribution in [3.8, 4) is 5.75 Å². The lowest BCUT2D eigenvalue weighted by molar-refractivity contribution is -0.141. The van der Waals surface area contributed by atoms with Gasteiger partial charge in [0.25, 0.3) is 0 Å². The van der Waals surface area contributed by atoms with Gasteiger partial charge in [0.2, 0.25) is 11.9 Å². The molecule has 4 N–H and O–H groups in total. The number of aliphatic carboxylic acids is 1. The van der Waals surface area contributed by atoms with Crippen LogP contribution >= 0.6 is 11.6 Å². The third kappa shape index (κ3) is 12.2. The van der Waals surface area contributed by atoms with Gasteiger partial charge in [-0.3, -0.25) is 15.5 Å². The summed E-state index contributed by atoms with van der Waals surface area (Å²) in [6, 6.07) is 13.6. The number of amides is 3. The molecule has 3 aromatic rings. The highest BCUT2D eigenvalue weighted by Gasteiger charge is 2.29. The van der Waals surface area contributed by atoms with E-state index in [2.05, 4.69) is 10.6 Å². The lowest BCUT2D eigenvalue weighted by Crippen LogP contribution is -2.49.